The highest BCUT2D eigenvalue weighted by atomic mass is 32.1. The molecule has 1 fully saturated rings. The van der Waals surface area contributed by atoms with Gasteiger partial charge in [-0.05, 0) is 18.6 Å². The second kappa shape index (κ2) is 7.61. The van der Waals surface area contributed by atoms with E-state index >= 15 is 0 Å². The summed E-state index contributed by atoms with van der Waals surface area (Å²) in [5.41, 5.74) is 0. The van der Waals surface area contributed by atoms with Gasteiger partial charge < -0.3 is 19.7 Å². The van der Waals surface area contributed by atoms with E-state index in [1.807, 2.05) is 0 Å². The van der Waals surface area contributed by atoms with Crippen LogP contribution in [0.4, 0.5) is 4.79 Å². The number of hydrogen-bond donors (Lipinski definition) is 1. The van der Waals surface area contributed by atoms with Gasteiger partial charge in [0.1, 0.15) is 0 Å². The lowest BCUT2D eigenvalue weighted by molar-refractivity contribution is -0.0494. The number of urea groups is 1. The van der Waals surface area contributed by atoms with Gasteiger partial charge in [0.25, 0.3) is 0 Å². The van der Waals surface area contributed by atoms with Crippen molar-refractivity contribution in [2.24, 2.45) is 0 Å². The number of aryl methyl sites for hydroxylation is 1. The molecule has 0 radical (unpaired) electrons. The van der Waals surface area contributed by atoms with Gasteiger partial charge in [0, 0.05) is 23.4 Å². The number of thiophene rings is 1. The quantitative estimate of drug-likeness (QED) is 0.903. The fourth-order valence-corrected chi connectivity index (χ4v) is 3.07. The number of hydrogen-bond acceptors (Lipinski definition) is 4. The molecule has 6 heteroatoms. The van der Waals surface area contributed by atoms with E-state index in [0.29, 0.717) is 32.8 Å². The lowest BCUT2D eigenvalue weighted by Crippen LogP contribution is -2.50. The maximum absolute atomic E-state index is 12.1. The van der Waals surface area contributed by atoms with Crippen molar-refractivity contribution < 1.29 is 14.3 Å². The summed E-state index contributed by atoms with van der Waals surface area (Å²) in [4.78, 5) is 16.5. The normalized spacial score (nSPS) is 19.1. The van der Waals surface area contributed by atoms with Crippen molar-refractivity contribution in [3.05, 3.63) is 21.9 Å². The van der Waals surface area contributed by atoms with Gasteiger partial charge in [0.2, 0.25) is 0 Å². The summed E-state index contributed by atoms with van der Waals surface area (Å²) in [5, 5.41) is 2.97. The average Bonchev–Trinajstić information content (AvgIpc) is 2.93. The van der Waals surface area contributed by atoms with E-state index in [9.17, 15) is 4.79 Å². The van der Waals surface area contributed by atoms with Gasteiger partial charge in [0.05, 0.1) is 32.4 Å². The molecule has 112 valence electrons. The van der Waals surface area contributed by atoms with E-state index in [1.165, 1.54) is 9.75 Å². The fourth-order valence-electron chi connectivity index (χ4n) is 2.17. The molecule has 0 bridgehead atoms. The Hall–Kier alpha value is -1.11. The van der Waals surface area contributed by atoms with Gasteiger partial charge >= 0.3 is 6.03 Å². The van der Waals surface area contributed by atoms with Crippen LogP contribution in [0.2, 0.25) is 0 Å². The molecule has 1 N–H and O–H groups in total. The molecule has 1 aliphatic heterocycles. The minimum absolute atomic E-state index is 0.0204. The third kappa shape index (κ3) is 4.19. The van der Waals surface area contributed by atoms with Crippen LogP contribution in [0.3, 0.4) is 0 Å². The van der Waals surface area contributed by atoms with E-state index < -0.39 is 0 Å². The van der Waals surface area contributed by atoms with Crippen LogP contribution in [-0.4, -0.2) is 50.4 Å². The first-order chi connectivity index (χ1) is 9.72. The third-order valence-corrected chi connectivity index (χ3v) is 4.49. The first-order valence-electron chi connectivity index (χ1n) is 6.93. The Balaban J connectivity index is 1.79. The molecule has 1 aromatic rings. The Kier molecular flexibility index (Phi) is 5.82. The van der Waals surface area contributed by atoms with Crippen molar-refractivity contribution in [2.75, 3.05) is 33.4 Å². The smallest absolute Gasteiger partial charge is 0.317 e. The topological polar surface area (TPSA) is 50.8 Å². The van der Waals surface area contributed by atoms with E-state index in [-0.39, 0.29) is 12.1 Å². The number of morpholine rings is 1. The number of methoxy groups -OCH3 is 1. The summed E-state index contributed by atoms with van der Waals surface area (Å²) >= 11 is 1.75. The highest BCUT2D eigenvalue weighted by Crippen LogP contribution is 2.16. The summed E-state index contributed by atoms with van der Waals surface area (Å²) in [6.07, 6.45) is 1.02. The fraction of sp³-hybridized carbons (Fsp3) is 0.643. The SMILES string of the molecule is CCc1ccc(CNC(=O)N2CCO[C@H](COC)C2)s1. The van der Waals surface area contributed by atoms with E-state index in [0.717, 1.165) is 6.42 Å². The molecule has 2 heterocycles. The molecular formula is C14H22N2O3S. The highest BCUT2D eigenvalue weighted by molar-refractivity contribution is 7.11. The third-order valence-electron chi connectivity index (χ3n) is 3.26. The number of nitrogens with one attached hydrogen (secondary N) is 1. The van der Waals surface area contributed by atoms with Crippen LogP contribution in [0.25, 0.3) is 0 Å². The summed E-state index contributed by atoms with van der Waals surface area (Å²) < 4.78 is 10.6. The van der Waals surface area contributed by atoms with Crippen LogP contribution in [0, 0.1) is 0 Å². The highest BCUT2D eigenvalue weighted by Gasteiger charge is 2.23. The molecular weight excluding hydrogens is 276 g/mol. The first-order valence-corrected chi connectivity index (χ1v) is 7.75. The standard InChI is InChI=1S/C14H22N2O3S/c1-3-12-4-5-13(20-12)8-15-14(17)16-6-7-19-11(9-16)10-18-2/h4-5,11H,3,6-10H2,1-2H3,(H,15,17)/t11-/m0/s1. The van der Waals surface area contributed by atoms with Gasteiger partial charge in [-0.2, -0.15) is 0 Å². The van der Waals surface area contributed by atoms with Crippen molar-refractivity contribution in [1.29, 1.82) is 0 Å². The predicted octanol–water partition coefficient (Wildman–Crippen LogP) is 1.87. The molecule has 1 saturated heterocycles. The minimum atomic E-state index is -0.0270. The van der Waals surface area contributed by atoms with Gasteiger partial charge in [-0.15, -0.1) is 11.3 Å². The minimum Gasteiger partial charge on any atom is -0.382 e. The maximum atomic E-state index is 12.1. The molecule has 5 nitrogen and oxygen atoms in total. The Morgan fingerprint density at radius 2 is 2.35 bits per heavy atom. The van der Waals surface area contributed by atoms with Crippen LogP contribution < -0.4 is 5.32 Å². The van der Waals surface area contributed by atoms with Gasteiger partial charge in [-0.3, -0.25) is 0 Å². The Morgan fingerprint density at radius 1 is 1.55 bits per heavy atom. The number of carbonyl (C=O) groups excluding carboxylic acids is 1. The van der Waals surface area contributed by atoms with Crippen molar-refractivity contribution in [3.8, 4) is 0 Å². The summed E-state index contributed by atoms with van der Waals surface area (Å²) in [5.74, 6) is 0. The molecule has 20 heavy (non-hydrogen) atoms. The molecule has 0 unspecified atom stereocenters. The number of carbonyl (C=O) groups is 1. The number of rotatable bonds is 5. The van der Waals surface area contributed by atoms with Gasteiger partial charge in [-0.25, -0.2) is 4.79 Å². The molecule has 1 aromatic heterocycles. The monoisotopic (exact) mass is 298 g/mol. The van der Waals surface area contributed by atoms with E-state index in [2.05, 4.69) is 24.4 Å². The molecule has 1 aliphatic rings. The van der Waals surface area contributed by atoms with Crippen molar-refractivity contribution in [1.82, 2.24) is 10.2 Å². The molecule has 1 atom stereocenters. The summed E-state index contributed by atoms with van der Waals surface area (Å²) in [7, 11) is 1.64. The Labute approximate surface area is 123 Å². The Morgan fingerprint density at radius 3 is 3.05 bits per heavy atom. The second-order valence-corrected chi connectivity index (χ2v) is 6.03. The first kappa shape index (κ1) is 15.3. The molecule has 0 spiro atoms. The lowest BCUT2D eigenvalue weighted by Gasteiger charge is -2.32. The zero-order valence-corrected chi connectivity index (χ0v) is 12.9. The molecule has 2 rings (SSSR count). The number of amides is 2. The average molecular weight is 298 g/mol. The summed E-state index contributed by atoms with van der Waals surface area (Å²) in [6.45, 7) is 5.05. The zero-order valence-electron chi connectivity index (χ0n) is 12.1. The molecule has 0 saturated carbocycles. The Bertz CT molecular complexity index is 434. The zero-order chi connectivity index (χ0) is 14.4. The van der Waals surface area contributed by atoms with E-state index in [4.69, 9.17) is 9.47 Å². The lowest BCUT2D eigenvalue weighted by atomic mass is 10.3. The van der Waals surface area contributed by atoms with E-state index in [1.54, 1.807) is 23.3 Å². The predicted molar refractivity (Wildman–Crippen MR) is 79.1 cm³/mol. The van der Waals surface area contributed by atoms with Gasteiger partial charge in [-0.1, -0.05) is 6.92 Å². The largest absolute Gasteiger partial charge is 0.382 e. The number of ether oxygens (including phenoxy) is 2. The number of nitrogens with zero attached hydrogens (tertiary/aromatic N) is 1. The van der Waals surface area contributed by atoms with Crippen LogP contribution in [-0.2, 0) is 22.4 Å². The summed E-state index contributed by atoms with van der Waals surface area (Å²) in [6, 6.07) is 4.17. The van der Waals surface area contributed by atoms with Crippen molar-refractivity contribution in [2.45, 2.75) is 26.0 Å². The molecule has 0 aliphatic carbocycles. The maximum Gasteiger partial charge on any atom is 0.317 e. The molecule has 2 amide bonds. The van der Waals surface area contributed by atoms with Crippen LogP contribution in [0.1, 0.15) is 16.7 Å². The van der Waals surface area contributed by atoms with Crippen molar-refractivity contribution in [3.63, 3.8) is 0 Å². The molecule has 0 aromatic carbocycles. The van der Waals surface area contributed by atoms with Crippen LogP contribution in [0.15, 0.2) is 12.1 Å². The van der Waals surface area contributed by atoms with Crippen LogP contribution in [0.5, 0.6) is 0 Å². The van der Waals surface area contributed by atoms with Crippen LogP contribution >= 0.6 is 11.3 Å². The van der Waals surface area contributed by atoms with Crippen molar-refractivity contribution >= 4 is 17.4 Å². The second-order valence-electron chi connectivity index (χ2n) is 4.77. The van der Waals surface area contributed by atoms with Gasteiger partial charge in [0.15, 0.2) is 0 Å².